The second kappa shape index (κ2) is 6.67. The topological polar surface area (TPSA) is 138 Å². The Bertz CT molecular complexity index is 1580. The van der Waals surface area contributed by atoms with Crippen LogP contribution in [0.2, 0.25) is 0 Å². The quantitative estimate of drug-likeness (QED) is 0.462. The SMILES string of the molecule is Cc1cc2ncnn2cc1Nc1ncc2c(n1)n(C13CC4CC(CC(C(N)=O)(C4)C1)C3)c(=O)n2C. The van der Waals surface area contributed by atoms with E-state index in [9.17, 15) is 9.59 Å². The first kappa shape index (κ1) is 20.6. The molecule has 2 unspecified atom stereocenters. The molecule has 35 heavy (non-hydrogen) atoms. The maximum absolute atomic E-state index is 13.6. The van der Waals surface area contributed by atoms with Crippen LogP contribution in [0.3, 0.4) is 0 Å². The van der Waals surface area contributed by atoms with Gasteiger partial charge in [0.15, 0.2) is 11.3 Å². The minimum absolute atomic E-state index is 0.117. The van der Waals surface area contributed by atoms with Gasteiger partial charge >= 0.3 is 5.69 Å². The van der Waals surface area contributed by atoms with Crippen LogP contribution in [0.25, 0.3) is 16.8 Å². The summed E-state index contributed by atoms with van der Waals surface area (Å²) in [5.74, 6) is 0.985. The highest BCUT2D eigenvalue weighted by Gasteiger charge is 2.61. The molecule has 4 bridgehead atoms. The van der Waals surface area contributed by atoms with Crippen LogP contribution in [-0.2, 0) is 17.4 Å². The van der Waals surface area contributed by atoms with E-state index in [-0.39, 0.29) is 11.6 Å². The first-order valence-electron chi connectivity index (χ1n) is 12.1. The molecule has 180 valence electrons. The Kier molecular flexibility index (Phi) is 3.93. The molecular formula is C24H27N9O2. The predicted molar refractivity (Wildman–Crippen MR) is 128 cm³/mol. The molecule has 4 aliphatic rings. The highest BCUT2D eigenvalue weighted by Crippen LogP contribution is 2.64. The van der Waals surface area contributed by atoms with Crippen LogP contribution in [0.15, 0.2) is 29.6 Å². The molecule has 0 radical (unpaired) electrons. The van der Waals surface area contributed by atoms with E-state index in [2.05, 4.69) is 20.4 Å². The molecule has 0 spiro atoms. The zero-order valence-corrected chi connectivity index (χ0v) is 19.7. The van der Waals surface area contributed by atoms with Crippen molar-refractivity contribution in [3.63, 3.8) is 0 Å². The summed E-state index contributed by atoms with van der Waals surface area (Å²) in [5.41, 5.74) is 8.67. The third-order valence-electron chi connectivity index (χ3n) is 8.70. The average Bonchev–Trinajstić information content (AvgIpc) is 3.34. The Morgan fingerprint density at radius 3 is 2.71 bits per heavy atom. The lowest BCUT2D eigenvalue weighted by molar-refractivity contribution is -0.151. The van der Waals surface area contributed by atoms with Gasteiger partial charge in [0, 0.05) is 7.05 Å². The first-order chi connectivity index (χ1) is 16.8. The van der Waals surface area contributed by atoms with E-state index in [0.717, 1.165) is 49.0 Å². The molecule has 11 heteroatoms. The lowest BCUT2D eigenvalue weighted by Crippen LogP contribution is -2.61. The summed E-state index contributed by atoms with van der Waals surface area (Å²) in [7, 11) is 1.75. The number of nitrogens with two attached hydrogens (primary N) is 1. The normalized spacial score (nSPS) is 29.3. The molecule has 11 nitrogen and oxygen atoms in total. The molecule has 4 aromatic heterocycles. The Labute approximate surface area is 200 Å². The first-order valence-corrected chi connectivity index (χ1v) is 12.1. The number of nitrogens with one attached hydrogen (secondary N) is 1. The van der Waals surface area contributed by atoms with Crippen molar-refractivity contribution in [2.24, 2.45) is 30.0 Å². The number of carbonyl (C=O) groups excluding carboxylic acids is 1. The number of carbonyl (C=O) groups is 1. The molecule has 1 amide bonds. The molecule has 4 aliphatic carbocycles. The van der Waals surface area contributed by atoms with Crippen molar-refractivity contribution in [1.29, 1.82) is 0 Å². The fourth-order valence-corrected chi connectivity index (χ4v) is 7.57. The smallest absolute Gasteiger partial charge is 0.330 e. The summed E-state index contributed by atoms with van der Waals surface area (Å²) in [5, 5.41) is 7.50. The highest BCUT2D eigenvalue weighted by atomic mass is 16.2. The molecule has 4 aromatic rings. The highest BCUT2D eigenvalue weighted by molar-refractivity contribution is 5.82. The van der Waals surface area contributed by atoms with Crippen molar-refractivity contribution < 1.29 is 4.79 Å². The van der Waals surface area contributed by atoms with Gasteiger partial charge in [-0.2, -0.15) is 10.1 Å². The van der Waals surface area contributed by atoms with Crippen molar-refractivity contribution in [3.05, 3.63) is 40.8 Å². The monoisotopic (exact) mass is 473 g/mol. The number of fused-ring (bicyclic) bond motifs is 2. The Morgan fingerprint density at radius 2 is 1.97 bits per heavy atom. The van der Waals surface area contributed by atoms with Gasteiger partial charge in [0.05, 0.1) is 29.0 Å². The van der Waals surface area contributed by atoms with Gasteiger partial charge < -0.3 is 11.1 Å². The number of amides is 1. The van der Waals surface area contributed by atoms with E-state index in [1.165, 1.54) is 6.33 Å². The second-order valence-corrected chi connectivity index (χ2v) is 11.0. The fraction of sp³-hybridized carbons (Fsp3) is 0.500. The number of aromatic nitrogens is 7. The van der Waals surface area contributed by atoms with Crippen LogP contribution in [0.1, 0.15) is 44.1 Å². The van der Waals surface area contributed by atoms with Crippen LogP contribution < -0.4 is 16.7 Å². The molecule has 0 saturated heterocycles. The lowest BCUT2D eigenvalue weighted by atomic mass is 9.46. The average molecular weight is 474 g/mol. The van der Waals surface area contributed by atoms with Gasteiger partial charge in [-0.05, 0) is 68.9 Å². The van der Waals surface area contributed by atoms with E-state index in [0.29, 0.717) is 35.4 Å². The van der Waals surface area contributed by atoms with Crippen LogP contribution in [0, 0.1) is 24.2 Å². The second-order valence-electron chi connectivity index (χ2n) is 11.0. The Morgan fingerprint density at radius 1 is 1.20 bits per heavy atom. The molecule has 2 atom stereocenters. The number of aryl methyl sites for hydroxylation is 2. The third-order valence-corrected chi connectivity index (χ3v) is 8.70. The zero-order chi connectivity index (χ0) is 24.1. The number of hydrogen-bond donors (Lipinski definition) is 2. The van der Waals surface area contributed by atoms with Gasteiger partial charge in [0.25, 0.3) is 0 Å². The number of hydrogen-bond acceptors (Lipinski definition) is 7. The predicted octanol–water partition coefficient (Wildman–Crippen LogP) is 2.01. The Balaban J connectivity index is 1.36. The van der Waals surface area contributed by atoms with E-state index in [4.69, 9.17) is 10.7 Å². The largest absolute Gasteiger partial charge is 0.369 e. The number of pyridine rings is 1. The molecule has 8 rings (SSSR count). The maximum atomic E-state index is 13.6. The van der Waals surface area contributed by atoms with Gasteiger partial charge in [-0.3, -0.25) is 13.9 Å². The molecule has 0 aromatic carbocycles. The van der Waals surface area contributed by atoms with Crippen molar-refractivity contribution in [2.45, 2.75) is 51.0 Å². The number of primary amides is 1. The summed E-state index contributed by atoms with van der Waals surface area (Å²) in [6, 6.07) is 1.94. The standard InChI is InChI=1S/C24H27N9O2/c1-13-3-18-27-12-28-32(18)10-16(13)29-21-26-9-17-19(30-21)33(22(35)31(17)2)24-7-14-4-15(8-24)6-23(5-14,11-24)20(25)34/h3,9-10,12,14-15H,4-8,11H2,1-2H3,(H2,25,34)(H,26,29,30). The molecule has 4 saturated carbocycles. The van der Waals surface area contributed by atoms with E-state index in [1.54, 1.807) is 22.3 Å². The Hall–Kier alpha value is -3.76. The number of imidazole rings is 1. The fourth-order valence-electron chi connectivity index (χ4n) is 7.57. The summed E-state index contributed by atoms with van der Waals surface area (Å²) < 4.78 is 5.16. The number of rotatable bonds is 4. The maximum Gasteiger partial charge on any atom is 0.330 e. The third kappa shape index (κ3) is 2.77. The van der Waals surface area contributed by atoms with E-state index < -0.39 is 11.0 Å². The lowest BCUT2D eigenvalue weighted by Gasteiger charge is -2.60. The molecule has 3 N–H and O–H groups in total. The van der Waals surface area contributed by atoms with E-state index >= 15 is 0 Å². The van der Waals surface area contributed by atoms with Gasteiger partial charge in [-0.25, -0.2) is 19.3 Å². The molecular weight excluding hydrogens is 446 g/mol. The van der Waals surface area contributed by atoms with Crippen molar-refractivity contribution in [3.8, 4) is 0 Å². The molecule has 0 aliphatic heterocycles. The van der Waals surface area contributed by atoms with Crippen molar-refractivity contribution >= 4 is 34.4 Å². The minimum Gasteiger partial charge on any atom is -0.369 e. The summed E-state index contributed by atoms with van der Waals surface area (Å²) in [6.07, 6.45) is 10.2. The minimum atomic E-state index is -0.524. The molecule has 4 fully saturated rings. The van der Waals surface area contributed by atoms with Crippen LogP contribution >= 0.6 is 0 Å². The van der Waals surface area contributed by atoms with Crippen LogP contribution in [-0.4, -0.2) is 39.6 Å². The van der Waals surface area contributed by atoms with E-state index in [1.807, 2.05) is 23.8 Å². The van der Waals surface area contributed by atoms with Crippen molar-refractivity contribution in [1.82, 2.24) is 33.7 Å². The van der Waals surface area contributed by atoms with Crippen LogP contribution in [0.4, 0.5) is 11.6 Å². The van der Waals surface area contributed by atoms with Gasteiger partial charge in [-0.15, -0.1) is 0 Å². The van der Waals surface area contributed by atoms with Crippen molar-refractivity contribution in [2.75, 3.05) is 5.32 Å². The zero-order valence-electron chi connectivity index (χ0n) is 19.7. The number of anilines is 2. The summed E-state index contributed by atoms with van der Waals surface area (Å²) in [4.78, 5) is 39.8. The van der Waals surface area contributed by atoms with Crippen LogP contribution in [0.5, 0.6) is 0 Å². The van der Waals surface area contributed by atoms with Gasteiger partial charge in [0.1, 0.15) is 11.8 Å². The van der Waals surface area contributed by atoms with Gasteiger partial charge in [0.2, 0.25) is 11.9 Å². The molecule has 4 heterocycles. The summed E-state index contributed by atoms with van der Waals surface area (Å²) >= 11 is 0. The van der Waals surface area contributed by atoms with Gasteiger partial charge in [-0.1, -0.05) is 0 Å². The summed E-state index contributed by atoms with van der Waals surface area (Å²) in [6.45, 7) is 1.98. The number of nitrogens with zero attached hydrogens (tertiary/aromatic N) is 7.